The molecule has 0 radical (unpaired) electrons. The van der Waals surface area contributed by atoms with Crippen LogP contribution in [0.25, 0.3) is 28.3 Å². The van der Waals surface area contributed by atoms with E-state index in [4.69, 9.17) is 0 Å². The molecule has 2 heteroatoms. The molecule has 0 amide bonds. The molecule has 0 saturated carbocycles. The SMILES string of the molecule is C=Cc1cc(-c2ccncc2)ccc1-c1ccncc1. The Morgan fingerprint density at radius 1 is 0.700 bits per heavy atom. The fraction of sp³-hybridized carbons (Fsp3) is 0. The highest BCUT2D eigenvalue weighted by molar-refractivity contribution is 5.79. The van der Waals surface area contributed by atoms with E-state index < -0.39 is 0 Å². The molecule has 0 atom stereocenters. The number of pyridine rings is 2. The molecule has 3 rings (SSSR count). The third kappa shape index (κ3) is 2.36. The van der Waals surface area contributed by atoms with Crippen LogP contribution in [0.2, 0.25) is 0 Å². The van der Waals surface area contributed by atoms with Gasteiger partial charge in [-0.25, -0.2) is 0 Å². The van der Waals surface area contributed by atoms with E-state index in [9.17, 15) is 0 Å². The van der Waals surface area contributed by atoms with Crippen molar-refractivity contribution in [2.75, 3.05) is 0 Å². The van der Waals surface area contributed by atoms with Crippen LogP contribution < -0.4 is 0 Å². The maximum absolute atomic E-state index is 4.06. The van der Waals surface area contributed by atoms with Crippen LogP contribution in [0.3, 0.4) is 0 Å². The predicted molar refractivity (Wildman–Crippen MR) is 83.0 cm³/mol. The second-order valence-electron chi connectivity index (χ2n) is 4.48. The van der Waals surface area contributed by atoms with Crippen molar-refractivity contribution in [2.24, 2.45) is 0 Å². The van der Waals surface area contributed by atoms with Gasteiger partial charge in [0.2, 0.25) is 0 Å². The van der Waals surface area contributed by atoms with Gasteiger partial charge < -0.3 is 0 Å². The maximum atomic E-state index is 4.06. The van der Waals surface area contributed by atoms with Crippen LogP contribution in [0, 0.1) is 0 Å². The number of nitrogens with zero attached hydrogens (tertiary/aromatic N) is 2. The van der Waals surface area contributed by atoms with Crippen molar-refractivity contribution in [3.8, 4) is 22.3 Å². The van der Waals surface area contributed by atoms with E-state index >= 15 is 0 Å². The third-order valence-electron chi connectivity index (χ3n) is 3.28. The summed E-state index contributed by atoms with van der Waals surface area (Å²) in [6.45, 7) is 3.92. The zero-order valence-corrected chi connectivity index (χ0v) is 11.0. The molecule has 0 saturated heterocycles. The summed E-state index contributed by atoms with van der Waals surface area (Å²) >= 11 is 0. The van der Waals surface area contributed by atoms with Gasteiger partial charge in [0, 0.05) is 24.8 Å². The summed E-state index contributed by atoms with van der Waals surface area (Å²) in [6.07, 6.45) is 9.11. The smallest absolute Gasteiger partial charge is 0.0273 e. The molecule has 0 spiro atoms. The topological polar surface area (TPSA) is 25.8 Å². The number of benzene rings is 1. The minimum Gasteiger partial charge on any atom is -0.265 e. The van der Waals surface area contributed by atoms with Crippen LogP contribution in [-0.2, 0) is 0 Å². The van der Waals surface area contributed by atoms with Gasteiger partial charge in [-0.2, -0.15) is 0 Å². The van der Waals surface area contributed by atoms with Crippen LogP contribution in [0.15, 0.2) is 73.8 Å². The Kier molecular flexibility index (Phi) is 3.38. The van der Waals surface area contributed by atoms with Gasteiger partial charge in [-0.05, 0) is 58.1 Å². The molecule has 2 aromatic heterocycles. The van der Waals surface area contributed by atoms with Crippen LogP contribution >= 0.6 is 0 Å². The fourth-order valence-electron chi connectivity index (χ4n) is 2.25. The first-order valence-corrected chi connectivity index (χ1v) is 6.46. The lowest BCUT2D eigenvalue weighted by Crippen LogP contribution is -1.86. The number of rotatable bonds is 3. The van der Waals surface area contributed by atoms with Crippen LogP contribution in [0.5, 0.6) is 0 Å². The molecular formula is C18H14N2. The molecule has 1 aromatic carbocycles. The van der Waals surface area contributed by atoms with Gasteiger partial charge >= 0.3 is 0 Å². The quantitative estimate of drug-likeness (QED) is 0.693. The van der Waals surface area contributed by atoms with Gasteiger partial charge in [-0.1, -0.05) is 24.8 Å². The summed E-state index contributed by atoms with van der Waals surface area (Å²) in [5.41, 5.74) is 5.76. The molecule has 0 fully saturated rings. The lowest BCUT2D eigenvalue weighted by atomic mass is 9.96. The number of aromatic nitrogens is 2. The van der Waals surface area contributed by atoms with Gasteiger partial charge in [0.15, 0.2) is 0 Å². The number of hydrogen-bond acceptors (Lipinski definition) is 2. The molecule has 20 heavy (non-hydrogen) atoms. The van der Waals surface area contributed by atoms with Crippen LogP contribution in [0.4, 0.5) is 0 Å². The normalized spacial score (nSPS) is 10.2. The molecule has 2 heterocycles. The minimum atomic E-state index is 1.12. The highest BCUT2D eigenvalue weighted by Crippen LogP contribution is 2.29. The Labute approximate surface area is 118 Å². The minimum absolute atomic E-state index is 1.12. The van der Waals surface area contributed by atoms with Crippen LogP contribution in [-0.4, -0.2) is 9.97 Å². The molecule has 0 N–H and O–H groups in total. The lowest BCUT2D eigenvalue weighted by molar-refractivity contribution is 1.33. The van der Waals surface area contributed by atoms with E-state index in [1.54, 1.807) is 24.8 Å². The van der Waals surface area contributed by atoms with E-state index in [1.807, 2.05) is 30.3 Å². The van der Waals surface area contributed by atoms with Crippen molar-refractivity contribution in [3.63, 3.8) is 0 Å². The molecule has 3 aromatic rings. The van der Waals surface area contributed by atoms with Gasteiger partial charge in [0.1, 0.15) is 0 Å². The van der Waals surface area contributed by atoms with Crippen molar-refractivity contribution in [1.29, 1.82) is 0 Å². The van der Waals surface area contributed by atoms with Crippen LogP contribution in [0.1, 0.15) is 5.56 Å². The molecule has 0 aliphatic heterocycles. The van der Waals surface area contributed by atoms with E-state index in [1.165, 1.54) is 11.1 Å². The zero-order chi connectivity index (χ0) is 13.8. The Morgan fingerprint density at radius 3 is 1.90 bits per heavy atom. The van der Waals surface area contributed by atoms with E-state index in [0.29, 0.717) is 0 Å². The van der Waals surface area contributed by atoms with Crippen molar-refractivity contribution >= 4 is 6.08 Å². The third-order valence-corrected chi connectivity index (χ3v) is 3.28. The van der Waals surface area contributed by atoms with E-state index in [0.717, 1.165) is 16.7 Å². The standard InChI is InChI=1S/C18H14N2/c1-2-14-13-17(15-5-9-19-10-6-15)3-4-18(14)16-7-11-20-12-8-16/h2-13H,1H2. The largest absolute Gasteiger partial charge is 0.265 e. The van der Waals surface area contributed by atoms with Gasteiger partial charge in [-0.15, -0.1) is 0 Å². The van der Waals surface area contributed by atoms with E-state index in [2.05, 4.69) is 34.7 Å². The second kappa shape index (κ2) is 5.49. The molecule has 0 bridgehead atoms. The number of hydrogen-bond donors (Lipinski definition) is 0. The van der Waals surface area contributed by atoms with Gasteiger partial charge in [0.05, 0.1) is 0 Å². The second-order valence-corrected chi connectivity index (χ2v) is 4.48. The monoisotopic (exact) mass is 258 g/mol. The molecule has 0 unspecified atom stereocenters. The summed E-state index contributed by atoms with van der Waals surface area (Å²) in [6, 6.07) is 14.4. The van der Waals surface area contributed by atoms with Gasteiger partial charge in [-0.3, -0.25) is 9.97 Å². The van der Waals surface area contributed by atoms with E-state index in [-0.39, 0.29) is 0 Å². The Hall–Kier alpha value is -2.74. The van der Waals surface area contributed by atoms with Crippen molar-refractivity contribution in [1.82, 2.24) is 9.97 Å². The molecule has 96 valence electrons. The average Bonchev–Trinajstić information content (AvgIpc) is 2.56. The molecule has 2 nitrogen and oxygen atoms in total. The summed E-state index contributed by atoms with van der Waals surface area (Å²) in [5.74, 6) is 0. The fourth-order valence-corrected chi connectivity index (χ4v) is 2.25. The highest BCUT2D eigenvalue weighted by Gasteiger charge is 2.05. The summed E-state index contributed by atoms with van der Waals surface area (Å²) < 4.78 is 0. The summed E-state index contributed by atoms with van der Waals surface area (Å²) in [4.78, 5) is 8.11. The van der Waals surface area contributed by atoms with Gasteiger partial charge in [0.25, 0.3) is 0 Å². The Balaban J connectivity index is 2.10. The Bertz CT molecular complexity index is 719. The Morgan fingerprint density at radius 2 is 1.30 bits per heavy atom. The highest BCUT2D eigenvalue weighted by atomic mass is 14.6. The maximum Gasteiger partial charge on any atom is 0.0273 e. The predicted octanol–water partition coefficient (Wildman–Crippen LogP) is 4.45. The molecular weight excluding hydrogens is 244 g/mol. The summed E-state index contributed by atoms with van der Waals surface area (Å²) in [5, 5.41) is 0. The molecule has 0 aliphatic carbocycles. The first-order valence-electron chi connectivity index (χ1n) is 6.46. The molecule has 0 aliphatic rings. The average molecular weight is 258 g/mol. The zero-order valence-electron chi connectivity index (χ0n) is 11.0. The van der Waals surface area contributed by atoms with Crippen molar-refractivity contribution < 1.29 is 0 Å². The first kappa shape index (κ1) is 12.3. The first-order chi connectivity index (χ1) is 9.88. The van der Waals surface area contributed by atoms with Crippen molar-refractivity contribution in [2.45, 2.75) is 0 Å². The summed E-state index contributed by atoms with van der Waals surface area (Å²) in [7, 11) is 0. The lowest BCUT2D eigenvalue weighted by Gasteiger charge is -2.09. The van der Waals surface area contributed by atoms with Crippen molar-refractivity contribution in [3.05, 3.63) is 79.4 Å².